The Morgan fingerprint density at radius 1 is 1.07 bits per heavy atom. The van der Waals surface area contributed by atoms with Gasteiger partial charge in [0.25, 0.3) is 0 Å². The van der Waals surface area contributed by atoms with Crippen molar-refractivity contribution in [2.45, 2.75) is 41.5 Å². The minimum absolute atomic E-state index is 0.144. The van der Waals surface area contributed by atoms with Gasteiger partial charge < -0.3 is 0 Å². The summed E-state index contributed by atoms with van der Waals surface area (Å²) in [5.41, 5.74) is 1.71. The molecule has 0 aromatic rings. The van der Waals surface area contributed by atoms with Crippen molar-refractivity contribution >= 4 is 4.40 Å². The summed E-state index contributed by atoms with van der Waals surface area (Å²) in [4.78, 5) is 0. The van der Waals surface area contributed by atoms with Crippen molar-refractivity contribution in [1.82, 2.24) is 0 Å². The summed E-state index contributed by atoms with van der Waals surface area (Å²) in [6, 6.07) is 0. The third-order valence-electron chi connectivity index (χ3n) is 1.77. The molecule has 0 aliphatic carbocycles. The molecular weight excluding hydrogens is 340 g/mol. The molecule has 0 rings (SSSR count). The van der Waals surface area contributed by atoms with Crippen molar-refractivity contribution in [2.24, 2.45) is 10.8 Å². The van der Waals surface area contributed by atoms with E-state index in [2.05, 4.69) is 64.2 Å². The van der Waals surface area contributed by atoms with E-state index in [-0.39, 0.29) is 10.8 Å². The second kappa shape index (κ2) is 5.21. The van der Waals surface area contributed by atoms with Gasteiger partial charge in [0.05, 0.1) is 0 Å². The Hall–Kier alpha value is 0.0383. The second-order valence-electron chi connectivity index (χ2n) is 5.55. The van der Waals surface area contributed by atoms with E-state index in [1.54, 1.807) is 0 Å². The van der Waals surface area contributed by atoms with Crippen LogP contribution in [0.4, 0.5) is 0 Å². The molecule has 0 spiro atoms. The van der Waals surface area contributed by atoms with Gasteiger partial charge in [0.2, 0.25) is 0 Å². The van der Waals surface area contributed by atoms with Crippen molar-refractivity contribution in [1.29, 1.82) is 0 Å². The van der Waals surface area contributed by atoms with Gasteiger partial charge in [0.1, 0.15) is 0 Å². The molecule has 0 heterocycles. The average Bonchev–Trinajstić information content (AvgIpc) is 1.93. The predicted molar refractivity (Wildman–Crippen MR) is 60.9 cm³/mol. The zero-order valence-electron chi connectivity index (χ0n) is 10.1. The van der Waals surface area contributed by atoms with Crippen LogP contribution in [0.25, 0.3) is 0 Å². The van der Waals surface area contributed by atoms with Gasteiger partial charge in [0.15, 0.2) is 0 Å². The van der Waals surface area contributed by atoms with Crippen molar-refractivity contribution in [2.75, 3.05) is 0 Å². The van der Waals surface area contributed by atoms with Gasteiger partial charge in [-0.25, -0.2) is 0 Å². The summed E-state index contributed by atoms with van der Waals surface area (Å²) in [6.45, 7) is 13.2. The predicted octanol–water partition coefficient (Wildman–Crippen LogP) is 3.71. The fourth-order valence-corrected chi connectivity index (χ4v) is 1.41. The molecule has 0 saturated carbocycles. The summed E-state index contributed by atoms with van der Waals surface area (Å²) < 4.78 is 2.17. The summed E-state index contributed by atoms with van der Waals surface area (Å²) in [6.07, 6.45) is 7.75. The molecule has 0 unspecified atom stereocenters. The van der Waals surface area contributed by atoms with Crippen LogP contribution in [-0.4, -0.2) is 4.40 Å². The third kappa shape index (κ3) is 6.49. The monoisotopic (exact) mass is 361 g/mol. The fraction of sp³-hybridized carbons (Fsp3) is 0.615. The number of rotatable bonds is 2. The first-order valence-corrected chi connectivity index (χ1v) is 6.63. The van der Waals surface area contributed by atoms with Crippen molar-refractivity contribution < 1.29 is 19.4 Å². The van der Waals surface area contributed by atoms with Gasteiger partial charge in [-0.05, 0) is 0 Å². The Kier molecular flexibility index (Phi) is 5.23. The molecule has 0 fully saturated rings. The number of allylic oxidation sites excluding steroid dienone is 4. The molecule has 0 aromatic carbocycles. The van der Waals surface area contributed by atoms with Crippen LogP contribution in [0.3, 0.4) is 0 Å². The average molecular weight is 361 g/mol. The third-order valence-corrected chi connectivity index (χ3v) is 2.26. The van der Waals surface area contributed by atoms with Gasteiger partial charge in [-0.15, -0.1) is 0 Å². The maximum absolute atomic E-state index is 3.41. The molecule has 0 aromatic heterocycles. The Labute approximate surface area is 99.9 Å². The van der Waals surface area contributed by atoms with E-state index in [1.807, 2.05) is 0 Å². The van der Waals surface area contributed by atoms with Crippen LogP contribution in [0.2, 0.25) is 0 Å². The molecule has 0 radical (unpaired) electrons. The van der Waals surface area contributed by atoms with Gasteiger partial charge >= 0.3 is 99.9 Å². The van der Waals surface area contributed by atoms with E-state index in [9.17, 15) is 0 Å². The van der Waals surface area contributed by atoms with Gasteiger partial charge in [0, 0.05) is 0 Å². The van der Waals surface area contributed by atoms with Crippen LogP contribution in [0, 0.1) is 16.9 Å². The van der Waals surface area contributed by atoms with E-state index in [4.69, 9.17) is 0 Å². The number of hydrogen-bond donors (Lipinski definition) is 0. The van der Waals surface area contributed by atoms with Crippen LogP contribution in [0.15, 0.2) is 17.7 Å². The van der Waals surface area contributed by atoms with Crippen LogP contribution in [0.5, 0.6) is 0 Å². The summed E-state index contributed by atoms with van der Waals surface area (Å²) >= 11 is 1.49. The van der Waals surface area contributed by atoms with Crippen LogP contribution in [-0.2, 0) is 19.4 Å². The van der Waals surface area contributed by atoms with Crippen molar-refractivity contribution in [3.63, 3.8) is 0 Å². The van der Waals surface area contributed by atoms with Crippen LogP contribution in [0.1, 0.15) is 41.5 Å². The zero-order chi connectivity index (χ0) is 11.4. The summed E-state index contributed by atoms with van der Waals surface area (Å²) in [7, 11) is 0. The van der Waals surface area contributed by atoms with Crippen molar-refractivity contribution in [3.05, 3.63) is 23.8 Å². The maximum atomic E-state index is 3.41. The summed E-state index contributed by atoms with van der Waals surface area (Å²) in [5, 5.41) is 0. The van der Waals surface area contributed by atoms with E-state index >= 15 is 0 Å². The zero-order valence-corrected chi connectivity index (χ0v) is 13.1. The Morgan fingerprint density at radius 3 is 1.86 bits per heavy atom. The summed E-state index contributed by atoms with van der Waals surface area (Å²) in [5.74, 6) is 0. The molecule has 0 N–H and O–H groups in total. The molecular formula is C13H21W-. The first kappa shape index (κ1) is 14.0. The first-order valence-electron chi connectivity index (χ1n) is 4.94. The first-order chi connectivity index (χ1) is 6.17. The molecule has 0 aliphatic rings. The SMILES string of the molecule is CC(C)(C)[C-]=C/C(=C\[CH]=[W])C(C)(C)C. The molecule has 0 aliphatic heterocycles. The molecule has 0 saturated heterocycles. The fourth-order valence-electron chi connectivity index (χ4n) is 0.882. The molecule has 80 valence electrons. The Morgan fingerprint density at radius 2 is 1.57 bits per heavy atom. The van der Waals surface area contributed by atoms with E-state index in [0.717, 1.165) is 0 Å². The van der Waals surface area contributed by atoms with Gasteiger partial charge in [-0.3, -0.25) is 0 Å². The molecule has 0 amide bonds. The normalized spacial score (nSPS) is 14.9. The molecule has 0 atom stereocenters. The Balaban J connectivity index is 4.83. The van der Waals surface area contributed by atoms with E-state index in [1.165, 1.54) is 24.9 Å². The van der Waals surface area contributed by atoms with Crippen LogP contribution < -0.4 is 0 Å². The second-order valence-corrected chi connectivity index (χ2v) is 6.52. The molecule has 1 heteroatoms. The minimum atomic E-state index is 0.144. The van der Waals surface area contributed by atoms with E-state index < -0.39 is 0 Å². The molecule has 0 bridgehead atoms. The molecule has 14 heavy (non-hydrogen) atoms. The topological polar surface area (TPSA) is 0 Å². The van der Waals surface area contributed by atoms with Gasteiger partial charge in [-0.1, -0.05) is 0 Å². The Bertz CT molecular complexity index is 243. The van der Waals surface area contributed by atoms with Crippen LogP contribution >= 0.6 is 0 Å². The quantitative estimate of drug-likeness (QED) is 0.520. The standard InChI is InChI=1S/C13H21.W/c1-8-11(13(5,6)7)9-10-12(2,3)4;/h1,8-9H,2-7H3;/q-1;/b11-8+;. The molecule has 0 nitrogen and oxygen atoms in total. The van der Waals surface area contributed by atoms with Gasteiger partial charge in [-0.2, -0.15) is 0 Å². The van der Waals surface area contributed by atoms with E-state index in [0.29, 0.717) is 0 Å². The number of hydrogen-bond acceptors (Lipinski definition) is 0. The van der Waals surface area contributed by atoms with Crippen molar-refractivity contribution in [3.8, 4) is 0 Å².